The van der Waals surface area contributed by atoms with Crippen LogP contribution in [0.4, 0.5) is 5.69 Å². The smallest absolute Gasteiger partial charge is 0.0452 e. The SMILES string of the molecule is Cc1ccc(CSc2cc(C)ccc2N)c(Cl)c1. The fourth-order valence-electron chi connectivity index (χ4n) is 1.69. The maximum atomic E-state index is 6.22. The number of thioether (sulfide) groups is 1. The summed E-state index contributed by atoms with van der Waals surface area (Å²) in [6.45, 7) is 4.11. The van der Waals surface area contributed by atoms with Crippen molar-refractivity contribution in [2.75, 3.05) is 5.73 Å². The zero-order chi connectivity index (χ0) is 13.1. The Bertz CT molecular complexity index is 566. The fourth-order valence-corrected chi connectivity index (χ4v) is 3.14. The molecule has 2 aromatic rings. The molecule has 0 bridgehead atoms. The Balaban J connectivity index is 2.13. The van der Waals surface area contributed by atoms with Crippen molar-refractivity contribution < 1.29 is 0 Å². The third-order valence-electron chi connectivity index (χ3n) is 2.76. The molecule has 0 aliphatic heterocycles. The number of benzene rings is 2. The zero-order valence-corrected chi connectivity index (χ0v) is 12.1. The van der Waals surface area contributed by atoms with Gasteiger partial charge in [-0.1, -0.05) is 29.8 Å². The summed E-state index contributed by atoms with van der Waals surface area (Å²) < 4.78 is 0. The Morgan fingerprint density at radius 2 is 1.72 bits per heavy atom. The maximum absolute atomic E-state index is 6.22. The van der Waals surface area contributed by atoms with E-state index in [0.29, 0.717) is 0 Å². The third-order valence-corrected chi connectivity index (χ3v) is 4.23. The Morgan fingerprint density at radius 3 is 2.44 bits per heavy atom. The number of halogens is 1. The summed E-state index contributed by atoms with van der Waals surface area (Å²) >= 11 is 7.95. The fraction of sp³-hybridized carbons (Fsp3) is 0.200. The minimum Gasteiger partial charge on any atom is -0.398 e. The van der Waals surface area contributed by atoms with Crippen LogP contribution in [0.2, 0.25) is 5.02 Å². The van der Waals surface area contributed by atoms with E-state index >= 15 is 0 Å². The standard InChI is InChI=1S/C15H16ClNS/c1-10-3-5-12(13(16)7-10)9-18-15-8-11(2)4-6-14(15)17/h3-8H,9,17H2,1-2H3. The molecule has 94 valence electrons. The zero-order valence-electron chi connectivity index (χ0n) is 10.5. The predicted molar refractivity (Wildman–Crippen MR) is 81.3 cm³/mol. The molecule has 0 saturated carbocycles. The molecule has 2 rings (SSSR count). The first-order chi connectivity index (χ1) is 8.56. The highest BCUT2D eigenvalue weighted by Crippen LogP contribution is 2.31. The van der Waals surface area contributed by atoms with E-state index in [9.17, 15) is 0 Å². The lowest BCUT2D eigenvalue weighted by atomic mass is 10.2. The molecule has 0 fully saturated rings. The molecular weight excluding hydrogens is 262 g/mol. The number of rotatable bonds is 3. The summed E-state index contributed by atoms with van der Waals surface area (Å²) in [5.74, 6) is 0.840. The minimum atomic E-state index is 0.828. The quantitative estimate of drug-likeness (QED) is 0.642. The second-order valence-corrected chi connectivity index (χ2v) is 5.85. The Hall–Kier alpha value is -1.12. The van der Waals surface area contributed by atoms with Crippen molar-refractivity contribution in [3.63, 3.8) is 0 Å². The van der Waals surface area contributed by atoms with Crippen LogP contribution in [0.1, 0.15) is 16.7 Å². The van der Waals surface area contributed by atoms with Gasteiger partial charge in [0, 0.05) is 21.4 Å². The molecule has 1 nitrogen and oxygen atoms in total. The molecule has 0 amide bonds. The maximum Gasteiger partial charge on any atom is 0.0452 e. The van der Waals surface area contributed by atoms with E-state index in [0.717, 1.165) is 26.9 Å². The van der Waals surface area contributed by atoms with Gasteiger partial charge in [-0.3, -0.25) is 0 Å². The Labute approximate surface area is 117 Å². The van der Waals surface area contributed by atoms with E-state index < -0.39 is 0 Å². The molecule has 0 aliphatic carbocycles. The van der Waals surface area contributed by atoms with Gasteiger partial charge in [0.15, 0.2) is 0 Å². The van der Waals surface area contributed by atoms with Gasteiger partial charge in [-0.25, -0.2) is 0 Å². The molecular formula is C15H16ClNS. The lowest BCUT2D eigenvalue weighted by Crippen LogP contribution is -1.90. The van der Waals surface area contributed by atoms with Gasteiger partial charge >= 0.3 is 0 Å². The molecule has 0 unspecified atom stereocenters. The summed E-state index contributed by atoms with van der Waals surface area (Å²) in [6.07, 6.45) is 0. The molecule has 3 heteroatoms. The average Bonchev–Trinajstić information content (AvgIpc) is 2.32. The van der Waals surface area contributed by atoms with Crippen LogP contribution in [0, 0.1) is 13.8 Å². The Kier molecular flexibility index (Phi) is 4.20. The van der Waals surface area contributed by atoms with Crippen LogP contribution in [-0.4, -0.2) is 0 Å². The summed E-state index contributed by atoms with van der Waals surface area (Å²) in [5.41, 5.74) is 10.3. The lowest BCUT2D eigenvalue weighted by molar-refractivity contribution is 1.33. The summed E-state index contributed by atoms with van der Waals surface area (Å²) in [5, 5.41) is 0.828. The van der Waals surface area contributed by atoms with Crippen LogP contribution in [0.3, 0.4) is 0 Å². The molecule has 0 atom stereocenters. The van der Waals surface area contributed by atoms with Gasteiger partial charge < -0.3 is 5.73 Å². The minimum absolute atomic E-state index is 0.828. The summed E-state index contributed by atoms with van der Waals surface area (Å²) in [4.78, 5) is 1.12. The molecule has 0 heterocycles. The van der Waals surface area contributed by atoms with Crippen molar-refractivity contribution in [2.24, 2.45) is 0 Å². The van der Waals surface area contributed by atoms with Crippen molar-refractivity contribution >= 4 is 29.1 Å². The largest absolute Gasteiger partial charge is 0.398 e. The number of nitrogens with two attached hydrogens (primary N) is 1. The molecule has 2 N–H and O–H groups in total. The van der Waals surface area contributed by atoms with Crippen LogP contribution in [0.25, 0.3) is 0 Å². The second kappa shape index (κ2) is 5.68. The lowest BCUT2D eigenvalue weighted by Gasteiger charge is -2.08. The van der Waals surface area contributed by atoms with Gasteiger partial charge in [-0.2, -0.15) is 0 Å². The van der Waals surface area contributed by atoms with E-state index in [1.165, 1.54) is 11.1 Å². The number of nitrogen functional groups attached to an aromatic ring is 1. The first kappa shape index (κ1) is 13.3. The van der Waals surface area contributed by atoms with Crippen molar-refractivity contribution in [3.8, 4) is 0 Å². The summed E-state index contributed by atoms with van der Waals surface area (Å²) in [7, 11) is 0. The normalized spacial score (nSPS) is 10.6. The van der Waals surface area contributed by atoms with Gasteiger partial charge in [-0.15, -0.1) is 11.8 Å². The van der Waals surface area contributed by atoms with Crippen molar-refractivity contribution in [1.29, 1.82) is 0 Å². The van der Waals surface area contributed by atoms with E-state index in [2.05, 4.69) is 25.1 Å². The number of hydrogen-bond donors (Lipinski definition) is 1. The van der Waals surface area contributed by atoms with Crippen LogP contribution < -0.4 is 5.73 Å². The van der Waals surface area contributed by atoms with E-state index in [1.807, 2.05) is 25.1 Å². The van der Waals surface area contributed by atoms with Crippen LogP contribution >= 0.6 is 23.4 Å². The van der Waals surface area contributed by atoms with Gasteiger partial charge in [0.25, 0.3) is 0 Å². The third kappa shape index (κ3) is 3.21. The van der Waals surface area contributed by atoms with E-state index in [-0.39, 0.29) is 0 Å². The first-order valence-corrected chi connectivity index (χ1v) is 7.16. The van der Waals surface area contributed by atoms with Gasteiger partial charge in [-0.05, 0) is 48.7 Å². The molecule has 18 heavy (non-hydrogen) atoms. The highest BCUT2D eigenvalue weighted by Gasteiger charge is 2.04. The molecule has 2 aromatic carbocycles. The summed E-state index contributed by atoms with van der Waals surface area (Å²) in [6, 6.07) is 12.3. The average molecular weight is 278 g/mol. The number of aryl methyl sites for hydroxylation is 2. The predicted octanol–water partition coefficient (Wildman–Crippen LogP) is 4.83. The highest BCUT2D eigenvalue weighted by molar-refractivity contribution is 7.98. The number of anilines is 1. The topological polar surface area (TPSA) is 26.0 Å². The molecule has 0 saturated heterocycles. The van der Waals surface area contributed by atoms with Crippen molar-refractivity contribution in [2.45, 2.75) is 24.5 Å². The van der Waals surface area contributed by atoms with Crippen molar-refractivity contribution in [3.05, 3.63) is 58.1 Å². The van der Waals surface area contributed by atoms with E-state index in [4.69, 9.17) is 17.3 Å². The van der Waals surface area contributed by atoms with Crippen LogP contribution in [0.15, 0.2) is 41.3 Å². The van der Waals surface area contributed by atoms with Gasteiger partial charge in [0.1, 0.15) is 0 Å². The highest BCUT2D eigenvalue weighted by atomic mass is 35.5. The number of hydrogen-bond acceptors (Lipinski definition) is 2. The van der Waals surface area contributed by atoms with Gasteiger partial charge in [0.2, 0.25) is 0 Å². The molecule has 0 aliphatic rings. The molecule has 0 radical (unpaired) electrons. The van der Waals surface area contributed by atoms with Crippen LogP contribution in [0.5, 0.6) is 0 Å². The van der Waals surface area contributed by atoms with Crippen molar-refractivity contribution in [1.82, 2.24) is 0 Å². The van der Waals surface area contributed by atoms with E-state index in [1.54, 1.807) is 11.8 Å². The van der Waals surface area contributed by atoms with Crippen LogP contribution in [-0.2, 0) is 5.75 Å². The first-order valence-electron chi connectivity index (χ1n) is 5.80. The second-order valence-electron chi connectivity index (χ2n) is 4.42. The van der Waals surface area contributed by atoms with Gasteiger partial charge in [0.05, 0.1) is 0 Å². The molecule has 0 spiro atoms. The monoisotopic (exact) mass is 277 g/mol. The Morgan fingerprint density at radius 1 is 1.06 bits per heavy atom. The molecule has 0 aromatic heterocycles.